The van der Waals surface area contributed by atoms with Gasteiger partial charge in [0.1, 0.15) is 5.82 Å². The minimum atomic E-state index is -0.408. The number of carbonyl (C=O) groups excluding carboxylic acids is 1. The van der Waals surface area contributed by atoms with Gasteiger partial charge in [-0.05, 0) is 15.9 Å². The van der Waals surface area contributed by atoms with Gasteiger partial charge in [-0.3, -0.25) is 4.79 Å². The van der Waals surface area contributed by atoms with Gasteiger partial charge in [0.05, 0.1) is 11.0 Å². The number of carbonyl (C=O) groups is 1. The lowest BCUT2D eigenvalue weighted by Gasteiger charge is -2.17. The van der Waals surface area contributed by atoms with Gasteiger partial charge in [-0.1, -0.05) is 0 Å². The van der Waals surface area contributed by atoms with E-state index >= 15 is 0 Å². The molecule has 0 bridgehead atoms. The van der Waals surface area contributed by atoms with Crippen molar-refractivity contribution in [1.82, 2.24) is 9.97 Å². The standard InChI is InChI=1S/C8H12BrN5O/c1-11-8-12-3-5(9)7(13-8)14(2)4-6(10)15/h3H,4H2,1-2H3,(H2,10,15)(H,11,12,13). The first-order valence-electron chi connectivity index (χ1n) is 4.24. The molecular weight excluding hydrogens is 262 g/mol. The highest BCUT2D eigenvalue weighted by Gasteiger charge is 2.11. The lowest BCUT2D eigenvalue weighted by Crippen LogP contribution is -2.31. The van der Waals surface area contributed by atoms with Crippen molar-refractivity contribution in [3.05, 3.63) is 10.7 Å². The van der Waals surface area contributed by atoms with Gasteiger partial charge in [0.25, 0.3) is 0 Å². The molecule has 0 fully saturated rings. The summed E-state index contributed by atoms with van der Waals surface area (Å²) in [5.41, 5.74) is 5.10. The SMILES string of the molecule is CNc1ncc(Br)c(N(C)CC(N)=O)n1. The molecule has 0 radical (unpaired) electrons. The smallest absolute Gasteiger partial charge is 0.236 e. The Labute approximate surface area is 96.0 Å². The number of primary amides is 1. The van der Waals surface area contributed by atoms with Crippen LogP contribution in [0.5, 0.6) is 0 Å². The fourth-order valence-corrected chi connectivity index (χ4v) is 1.55. The van der Waals surface area contributed by atoms with Crippen molar-refractivity contribution in [3.8, 4) is 0 Å². The average Bonchev–Trinajstić information content (AvgIpc) is 2.17. The fraction of sp³-hybridized carbons (Fsp3) is 0.375. The molecule has 1 heterocycles. The first-order valence-corrected chi connectivity index (χ1v) is 5.03. The van der Waals surface area contributed by atoms with Crippen LogP contribution in [0.25, 0.3) is 0 Å². The molecule has 0 spiro atoms. The molecule has 0 aliphatic carbocycles. The van der Waals surface area contributed by atoms with E-state index in [0.29, 0.717) is 16.2 Å². The van der Waals surface area contributed by atoms with Crippen LogP contribution in [-0.2, 0) is 4.79 Å². The summed E-state index contributed by atoms with van der Waals surface area (Å²) < 4.78 is 0.713. The molecule has 1 aromatic heterocycles. The number of hydrogen-bond donors (Lipinski definition) is 2. The second-order valence-corrected chi connectivity index (χ2v) is 3.79. The molecule has 0 unspecified atom stereocenters. The highest BCUT2D eigenvalue weighted by molar-refractivity contribution is 9.10. The number of nitrogens with two attached hydrogens (primary N) is 1. The summed E-state index contributed by atoms with van der Waals surface area (Å²) in [6, 6.07) is 0. The van der Waals surface area contributed by atoms with Crippen LogP contribution in [0, 0.1) is 0 Å². The Kier molecular flexibility index (Phi) is 3.84. The summed E-state index contributed by atoms with van der Waals surface area (Å²) in [5, 5.41) is 2.82. The molecule has 1 rings (SSSR count). The number of anilines is 2. The third kappa shape index (κ3) is 3.05. The minimum absolute atomic E-state index is 0.110. The van der Waals surface area contributed by atoms with Crippen LogP contribution in [0.4, 0.5) is 11.8 Å². The van der Waals surface area contributed by atoms with Gasteiger partial charge in [0, 0.05) is 20.3 Å². The van der Waals surface area contributed by atoms with Gasteiger partial charge in [0.2, 0.25) is 11.9 Å². The predicted octanol–water partition coefficient (Wildman–Crippen LogP) is 0.202. The monoisotopic (exact) mass is 273 g/mol. The minimum Gasteiger partial charge on any atom is -0.368 e. The van der Waals surface area contributed by atoms with Crippen molar-refractivity contribution in [2.45, 2.75) is 0 Å². The summed E-state index contributed by atoms with van der Waals surface area (Å²) in [7, 11) is 3.46. The Morgan fingerprint density at radius 1 is 1.73 bits per heavy atom. The maximum atomic E-state index is 10.8. The number of nitrogens with zero attached hydrogens (tertiary/aromatic N) is 3. The van der Waals surface area contributed by atoms with E-state index in [2.05, 4.69) is 31.2 Å². The van der Waals surface area contributed by atoms with E-state index in [-0.39, 0.29) is 6.54 Å². The van der Waals surface area contributed by atoms with Gasteiger partial charge in [-0.15, -0.1) is 0 Å². The number of halogens is 1. The highest BCUT2D eigenvalue weighted by Crippen LogP contribution is 2.22. The fourth-order valence-electron chi connectivity index (χ4n) is 1.05. The molecular formula is C8H12BrN5O. The lowest BCUT2D eigenvalue weighted by atomic mass is 10.5. The van der Waals surface area contributed by atoms with Crippen LogP contribution < -0.4 is 16.0 Å². The van der Waals surface area contributed by atoms with Crippen LogP contribution in [0.15, 0.2) is 10.7 Å². The van der Waals surface area contributed by atoms with Gasteiger partial charge in [0.15, 0.2) is 0 Å². The van der Waals surface area contributed by atoms with Gasteiger partial charge in [-0.2, -0.15) is 4.98 Å². The molecule has 0 saturated heterocycles. The summed E-state index contributed by atoms with van der Waals surface area (Å²) in [5.74, 6) is 0.701. The number of rotatable bonds is 4. The second kappa shape index (κ2) is 4.92. The largest absolute Gasteiger partial charge is 0.368 e. The molecule has 1 aromatic rings. The molecule has 15 heavy (non-hydrogen) atoms. The number of nitrogens with one attached hydrogen (secondary N) is 1. The molecule has 0 atom stereocenters. The van der Waals surface area contributed by atoms with Crippen LogP contribution in [0.3, 0.4) is 0 Å². The van der Waals surface area contributed by atoms with E-state index < -0.39 is 5.91 Å². The zero-order valence-electron chi connectivity index (χ0n) is 8.49. The van der Waals surface area contributed by atoms with Crippen molar-refractivity contribution in [3.63, 3.8) is 0 Å². The van der Waals surface area contributed by atoms with Gasteiger partial charge in [-0.25, -0.2) is 4.98 Å². The molecule has 0 aliphatic heterocycles. The number of likely N-dealkylation sites (N-methyl/N-ethyl adjacent to an activating group) is 1. The van der Waals surface area contributed by atoms with E-state index in [0.717, 1.165) is 0 Å². The van der Waals surface area contributed by atoms with Crippen molar-refractivity contribution < 1.29 is 4.79 Å². The van der Waals surface area contributed by atoms with Crippen LogP contribution >= 0.6 is 15.9 Å². The average molecular weight is 274 g/mol. The normalized spacial score (nSPS) is 9.80. The Balaban J connectivity index is 2.95. The molecule has 0 saturated carbocycles. The van der Waals surface area contributed by atoms with Crippen LogP contribution in [-0.4, -0.2) is 36.5 Å². The highest BCUT2D eigenvalue weighted by atomic mass is 79.9. The molecule has 6 nitrogen and oxygen atoms in total. The van der Waals surface area contributed by atoms with E-state index in [1.54, 1.807) is 25.2 Å². The van der Waals surface area contributed by atoms with Crippen LogP contribution in [0.2, 0.25) is 0 Å². The Morgan fingerprint density at radius 2 is 2.40 bits per heavy atom. The topological polar surface area (TPSA) is 84.1 Å². The summed E-state index contributed by atoms with van der Waals surface area (Å²) in [4.78, 5) is 20.6. The quantitative estimate of drug-likeness (QED) is 0.819. The third-order valence-corrected chi connectivity index (χ3v) is 2.26. The first-order chi connectivity index (χ1) is 7.04. The van der Waals surface area contributed by atoms with Gasteiger partial charge >= 0.3 is 0 Å². The van der Waals surface area contributed by atoms with E-state index in [9.17, 15) is 4.79 Å². The number of hydrogen-bond acceptors (Lipinski definition) is 5. The van der Waals surface area contributed by atoms with Crippen LogP contribution in [0.1, 0.15) is 0 Å². The first kappa shape index (κ1) is 11.7. The molecule has 82 valence electrons. The maximum Gasteiger partial charge on any atom is 0.236 e. The van der Waals surface area contributed by atoms with Gasteiger partial charge < -0.3 is 16.0 Å². The van der Waals surface area contributed by atoms with Crippen molar-refractivity contribution >= 4 is 33.6 Å². The van der Waals surface area contributed by atoms with Crippen molar-refractivity contribution in [2.24, 2.45) is 5.73 Å². The molecule has 0 aromatic carbocycles. The lowest BCUT2D eigenvalue weighted by molar-refractivity contribution is -0.116. The van der Waals surface area contributed by atoms with E-state index in [4.69, 9.17) is 5.73 Å². The molecule has 3 N–H and O–H groups in total. The molecule has 0 aliphatic rings. The zero-order valence-corrected chi connectivity index (χ0v) is 10.1. The Hall–Kier alpha value is -1.37. The van der Waals surface area contributed by atoms with E-state index in [1.807, 2.05) is 0 Å². The zero-order chi connectivity index (χ0) is 11.4. The third-order valence-electron chi connectivity index (χ3n) is 1.70. The predicted molar refractivity (Wildman–Crippen MR) is 61.7 cm³/mol. The number of amides is 1. The second-order valence-electron chi connectivity index (χ2n) is 2.94. The van der Waals surface area contributed by atoms with Crippen molar-refractivity contribution in [2.75, 3.05) is 30.9 Å². The number of aromatic nitrogens is 2. The summed E-state index contributed by atoms with van der Waals surface area (Å²) in [6.45, 7) is 0.110. The molecule has 7 heteroatoms. The summed E-state index contributed by atoms with van der Waals surface area (Å²) >= 11 is 3.30. The Morgan fingerprint density at radius 3 is 2.93 bits per heavy atom. The summed E-state index contributed by atoms with van der Waals surface area (Å²) in [6.07, 6.45) is 1.62. The van der Waals surface area contributed by atoms with E-state index in [1.165, 1.54) is 0 Å². The Bertz CT molecular complexity index is 370. The molecule has 1 amide bonds. The van der Waals surface area contributed by atoms with Crippen molar-refractivity contribution in [1.29, 1.82) is 0 Å². The maximum absolute atomic E-state index is 10.8.